The first kappa shape index (κ1) is 16.4. The highest BCUT2D eigenvalue weighted by Gasteiger charge is 2.29. The number of rotatable bonds is 2. The van der Waals surface area contributed by atoms with Gasteiger partial charge in [0.05, 0.1) is 23.9 Å². The Hall–Kier alpha value is -2.82. The summed E-state index contributed by atoms with van der Waals surface area (Å²) in [4.78, 5) is 16.8. The van der Waals surface area contributed by atoms with Crippen molar-refractivity contribution in [3.05, 3.63) is 47.8 Å². The molecule has 27 heavy (non-hydrogen) atoms. The molecule has 0 unspecified atom stereocenters. The van der Waals surface area contributed by atoms with Crippen LogP contribution in [0.25, 0.3) is 28.6 Å². The van der Waals surface area contributed by atoms with E-state index in [0.29, 0.717) is 11.5 Å². The number of methoxy groups -OCH3 is 1. The molecule has 1 aliphatic heterocycles. The van der Waals surface area contributed by atoms with Crippen LogP contribution in [0.4, 0.5) is 0 Å². The molecule has 0 radical (unpaired) electrons. The van der Waals surface area contributed by atoms with Gasteiger partial charge in [0.1, 0.15) is 0 Å². The van der Waals surface area contributed by atoms with Crippen LogP contribution in [0.15, 0.2) is 36.7 Å². The lowest BCUT2D eigenvalue weighted by molar-refractivity contribution is 0.0601. The molecule has 0 saturated heterocycles. The zero-order chi connectivity index (χ0) is 18.4. The molecule has 1 aliphatic carbocycles. The first-order valence-electron chi connectivity index (χ1n) is 9.72. The van der Waals surface area contributed by atoms with Crippen LogP contribution in [-0.2, 0) is 11.3 Å². The van der Waals surface area contributed by atoms with Gasteiger partial charge in [0.15, 0.2) is 5.82 Å². The third-order valence-electron chi connectivity index (χ3n) is 5.97. The minimum absolute atomic E-state index is 0.294. The largest absolute Gasteiger partial charge is 0.465 e. The highest BCUT2D eigenvalue weighted by molar-refractivity contribution is 5.98. The molecule has 1 fully saturated rings. The molecule has 0 bridgehead atoms. The van der Waals surface area contributed by atoms with Crippen LogP contribution in [0.1, 0.15) is 53.9 Å². The van der Waals surface area contributed by atoms with E-state index in [9.17, 15) is 4.79 Å². The number of benzene rings is 1. The number of carbonyl (C=O) groups is 1. The molecule has 1 saturated carbocycles. The van der Waals surface area contributed by atoms with Crippen molar-refractivity contribution in [2.75, 3.05) is 7.11 Å². The van der Waals surface area contributed by atoms with E-state index in [4.69, 9.17) is 4.74 Å². The molecule has 2 aliphatic rings. The van der Waals surface area contributed by atoms with Crippen LogP contribution >= 0.6 is 0 Å². The van der Waals surface area contributed by atoms with Gasteiger partial charge in [-0.2, -0.15) is 0 Å². The van der Waals surface area contributed by atoms with E-state index < -0.39 is 0 Å². The van der Waals surface area contributed by atoms with E-state index in [1.165, 1.54) is 55.9 Å². The van der Waals surface area contributed by atoms with E-state index in [-0.39, 0.29) is 5.97 Å². The fourth-order valence-corrected chi connectivity index (χ4v) is 4.74. The third-order valence-corrected chi connectivity index (χ3v) is 5.97. The number of ether oxygens (including phenoxy) is 1. The standard InChI is InChI=1S/C22H23N3O2/c1-27-22(26)16-8-9-17-18(14-16)25-12-5-11-24-13-10-23-21(24)20(25)19(17)15-6-3-2-4-7-15/h5,8-11,13-15H,2-4,6-7,12H2,1H3. The first-order chi connectivity index (χ1) is 13.3. The minimum atomic E-state index is -0.294. The second-order valence-electron chi connectivity index (χ2n) is 7.47. The summed E-state index contributed by atoms with van der Waals surface area (Å²) < 4.78 is 9.36. The molecule has 1 aromatic carbocycles. The maximum absolute atomic E-state index is 12.1. The number of fused-ring (bicyclic) bond motifs is 5. The molecule has 0 spiro atoms. The number of nitrogens with zero attached hydrogens (tertiary/aromatic N) is 3. The van der Waals surface area contributed by atoms with Gasteiger partial charge in [0, 0.05) is 30.5 Å². The van der Waals surface area contributed by atoms with Crippen molar-refractivity contribution in [2.45, 2.75) is 44.6 Å². The number of hydrogen-bond donors (Lipinski definition) is 0. The van der Waals surface area contributed by atoms with Crippen LogP contribution in [0.2, 0.25) is 0 Å². The van der Waals surface area contributed by atoms with E-state index in [0.717, 1.165) is 17.9 Å². The number of imidazole rings is 1. The van der Waals surface area contributed by atoms with E-state index in [1.54, 1.807) is 0 Å². The van der Waals surface area contributed by atoms with E-state index in [1.807, 2.05) is 24.5 Å². The maximum atomic E-state index is 12.1. The van der Waals surface area contributed by atoms with Crippen LogP contribution in [0.3, 0.4) is 0 Å². The Morgan fingerprint density at radius 2 is 2.07 bits per heavy atom. The molecule has 5 heteroatoms. The molecule has 0 atom stereocenters. The molecule has 138 valence electrons. The fraction of sp³-hybridized carbons (Fsp3) is 0.364. The zero-order valence-electron chi connectivity index (χ0n) is 15.5. The summed E-state index contributed by atoms with van der Waals surface area (Å²) in [6.07, 6.45) is 14.4. The van der Waals surface area contributed by atoms with Crippen molar-refractivity contribution < 1.29 is 9.53 Å². The van der Waals surface area contributed by atoms with Crippen molar-refractivity contribution >= 4 is 23.1 Å². The van der Waals surface area contributed by atoms with Gasteiger partial charge in [-0.25, -0.2) is 9.78 Å². The molecular weight excluding hydrogens is 338 g/mol. The predicted molar refractivity (Wildman–Crippen MR) is 106 cm³/mol. The lowest BCUT2D eigenvalue weighted by atomic mass is 9.82. The van der Waals surface area contributed by atoms with Gasteiger partial charge < -0.3 is 13.9 Å². The average molecular weight is 361 g/mol. The SMILES string of the molecule is COC(=O)c1ccc2c(C3CCCCC3)c3n(c2c1)CC=Cn1ccnc1-3. The third kappa shape index (κ3) is 2.52. The Balaban J connectivity index is 1.81. The predicted octanol–water partition coefficient (Wildman–Crippen LogP) is 4.82. The van der Waals surface area contributed by atoms with Crippen LogP contribution in [0.5, 0.6) is 0 Å². The molecule has 3 heterocycles. The molecule has 3 aromatic rings. The van der Waals surface area contributed by atoms with Crippen LogP contribution in [-0.4, -0.2) is 27.2 Å². The van der Waals surface area contributed by atoms with Gasteiger partial charge in [-0.3, -0.25) is 0 Å². The first-order valence-corrected chi connectivity index (χ1v) is 9.72. The minimum Gasteiger partial charge on any atom is -0.465 e. The van der Waals surface area contributed by atoms with Crippen molar-refractivity contribution in [2.24, 2.45) is 0 Å². The highest BCUT2D eigenvalue weighted by atomic mass is 16.5. The van der Waals surface area contributed by atoms with Gasteiger partial charge >= 0.3 is 5.97 Å². The van der Waals surface area contributed by atoms with Gasteiger partial charge in [-0.15, -0.1) is 0 Å². The quantitative estimate of drug-likeness (QED) is 0.615. The Labute approximate surface area is 158 Å². The van der Waals surface area contributed by atoms with Crippen molar-refractivity contribution in [1.29, 1.82) is 0 Å². The Morgan fingerprint density at radius 3 is 2.89 bits per heavy atom. The maximum Gasteiger partial charge on any atom is 0.337 e. The zero-order valence-corrected chi connectivity index (χ0v) is 15.5. The molecular formula is C22H23N3O2. The summed E-state index contributed by atoms with van der Waals surface area (Å²) in [6.45, 7) is 0.770. The Kier molecular flexibility index (Phi) is 3.88. The van der Waals surface area contributed by atoms with Gasteiger partial charge in [0.25, 0.3) is 0 Å². The smallest absolute Gasteiger partial charge is 0.337 e. The summed E-state index contributed by atoms with van der Waals surface area (Å²) in [6, 6.07) is 5.97. The monoisotopic (exact) mass is 361 g/mol. The molecule has 5 nitrogen and oxygen atoms in total. The van der Waals surface area contributed by atoms with Gasteiger partial charge in [-0.05, 0) is 42.5 Å². The lowest BCUT2D eigenvalue weighted by Gasteiger charge is -2.23. The second-order valence-corrected chi connectivity index (χ2v) is 7.47. The lowest BCUT2D eigenvalue weighted by Crippen LogP contribution is -2.07. The van der Waals surface area contributed by atoms with Gasteiger partial charge in [-0.1, -0.05) is 25.3 Å². The summed E-state index contributed by atoms with van der Waals surface area (Å²) in [5.41, 5.74) is 4.29. The van der Waals surface area contributed by atoms with Crippen LogP contribution < -0.4 is 0 Å². The molecule has 0 amide bonds. The van der Waals surface area contributed by atoms with Crippen molar-refractivity contribution in [3.8, 4) is 11.5 Å². The number of esters is 1. The number of carbonyl (C=O) groups excluding carboxylic acids is 1. The second kappa shape index (κ2) is 6.41. The number of allylic oxidation sites excluding steroid dienone is 1. The molecule has 0 N–H and O–H groups in total. The topological polar surface area (TPSA) is 49.0 Å². The number of hydrogen-bond acceptors (Lipinski definition) is 3. The Morgan fingerprint density at radius 1 is 1.22 bits per heavy atom. The summed E-state index contributed by atoms with van der Waals surface area (Å²) in [5, 5.41) is 1.24. The normalized spacial score (nSPS) is 16.8. The summed E-state index contributed by atoms with van der Waals surface area (Å²) in [5.74, 6) is 1.24. The van der Waals surface area contributed by atoms with Crippen molar-refractivity contribution in [3.63, 3.8) is 0 Å². The highest BCUT2D eigenvalue weighted by Crippen LogP contribution is 2.44. The van der Waals surface area contributed by atoms with Gasteiger partial charge in [0.2, 0.25) is 0 Å². The average Bonchev–Trinajstić information content (AvgIpc) is 3.25. The van der Waals surface area contributed by atoms with E-state index in [2.05, 4.69) is 32.5 Å². The fourth-order valence-electron chi connectivity index (χ4n) is 4.74. The summed E-state index contributed by atoms with van der Waals surface area (Å²) >= 11 is 0. The molecule has 5 rings (SSSR count). The van der Waals surface area contributed by atoms with Crippen molar-refractivity contribution in [1.82, 2.24) is 14.1 Å². The van der Waals surface area contributed by atoms with Crippen LogP contribution in [0, 0.1) is 0 Å². The molecule has 2 aromatic heterocycles. The number of aromatic nitrogens is 3. The Bertz CT molecular complexity index is 1050. The summed E-state index contributed by atoms with van der Waals surface area (Å²) in [7, 11) is 1.43. The van der Waals surface area contributed by atoms with E-state index >= 15 is 0 Å².